The lowest BCUT2D eigenvalue weighted by Gasteiger charge is -2.07. The van der Waals surface area contributed by atoms with E-state index in [0.29, 0.717) is 23.3 Å². The van der Waals surface area contributed by atoms with Crippen LogP contribution in [-0.4, -0.2) is 11.9 Å². The van der Waals surface area contributed by atoms with Gasteiger partial charge in [-0.1, -0.05) is 57.9 Å². The van der Waals surface area contributed by atoms with Crippen LogP contribution in [0, 0.1) is 0 Å². The van der Waals surface area contributed by atoms with Crippen molar-refractivity contribution < 1.29 is 14.3 Å². The zero-order valence-corrected chi connectivity index (χ0v) is 17.5. The van der Waals surface area contributed by atoms with Gasteiger partial charge in [0.05, 0.1) is 0 Å². The van der Waals surface area contributed by atoms with E-state index in [1.807, 2.05) is 72.8 Å². The van der Waals surface area contributed by atoms with Gasteiger partial charge >= 0.3 is 5.97 Å². The molecule has 4 nitrogen and oxygen atoms in total. The topological polar surface area (TPSA) is 47.9 Å². The van der Waals surface area contributed by atoms with Gasteiger partial charge in [0.1, 0.15) is 12.4 Å². The summed E-state index contributed by atoms with van der Waals surface area (Å²) in [4.78, 5) is 16.5. The van der Waals surface area contributed by atoms with Gasteiger partial charge in [0.15, 0.2) is 5.70 Å². The number of hydrogen-bond acceptors (Lipinski definition) is 4. The third-order valence-corrected chi connectivity index (χ3v) is 5.14. The van der Waals surface area contributed by atoms with Crippen LogP contribution >= 0.6 is 27.5 Å². The van der Waals surface area contributed by atoms with Crippen LogP contribution in [0.25, 0.3) is 6.08 Å². The molecule has 0 spiro atoms. The van der Waals surface area contributed by atoms with E-state index in [4.69, 9.17) is 21.1 Å². The van der Waals surface area contributed by atoms with Crippen molar-refractivity contribution in [3.05, 3.63) is 105 Å². The molecule has 0 aromatic heterocycles. The Bertz CT molecular complexity index is 1110. The van der Waals surface area contributed by atoms with Crippen LogP contribution < -0.4 is 4.74 Å². The average Bonchev–Trinajstić information content (AvgIpc) is 3.09. The first-order chi connectivity index (χ1) is 14.1. The van der Waals surface area contributed by atoms with Gasteiger partial charge in [-0.3, -0.25) is 0 Å². The number of rotatable bonds is 5. The fourth-order valence-electron chi connectivity index (χ4n) is 2.72. The van der Waals surface area contributed by atoms with Crippen molar-refractivity contribution in [2.75, 3.05) is 0 Å². The third kappa shape index (κ3) is 4.75. The molecule has 29 heavy (non-hydrogen) atoms. The zero-order valence-electron chi connectivity index (χ0n) is 15.1. The smallest absolute Gasteiger partial charge is 0.363 e. The highest BCUT2D eigenvalue weighted by Gasteiger charge is 2.24. The van der Waals surface area contributed by atoms with E-state index in [1.54, 1.807) is 6.08 Å². The van der Waals surface area contributed by atoms with E-state index in [2.05, 4.69) is 20.9 Å². The first-order valence-corrected chi connectivity index (χ1v) is 10.0. The summed E-state index contributed by atoms with van der Waals surface area (Å²) in [6, 6.07) is 22.4. The quantitative estimate of drug-likeness (QED) is 0.339. The average molecular weight is 469 g/mol. The molecule has 3 aromatic rings. The minimum Gasteiger partial charge on any atom is -0.489 e. The molecule has 0 saturated heterocycles. The molecule has 0 amide bonds. The first-order valence-electron chi connectivity index (χ1n) is 8.83. The molecule has 0 bridgehead atoms. The first kappa shape index (κ1) is 19.4. The van der Waals surface area contributed by atoms with Gasteiger partial charge in [-0.05, 0) is 54.1 Å². The largest absolute Gasteiger partial charge is 0.489 e. The molecule has 0 N–H and O–H groups in total. The maximum Gasteiger partial charge on any atom is 0.363 e. The summed E-state index contributed by atoms with van der Waals surface area (Å²) in [6.07, 6.45) is 1.69. The normalized spacial score (nSPS) is 14.6. The Hall–Kier alpha value is -2.89. The van der Waals surface area contributed by atoms with E-state index >= 15 is 0 Å². The highest BCUT2D eigenvalue weighted by atomic mass is 79.9. The van der Waals surface area contributed by atoms with Crippen molar-refractivity contribution in [2.45, 2.75) is 6.61 Å². The molecule has 144 valence electrons. The SMILES string of the molecule is O=C1OC(c2ccc(Br)cc2)=N/C1=C\c1ccc(OCc2ccccc2Cl)cc1. The molecule has 0 atom stereocenters. The molecule has 1 aliphatic heterocycles. The van der Waals surface area contributed by atoms with E-state index < -0.39 is 5.97 Å². The molecule has 0 unspecified atom stereocenters. The summed E-state index contributed by atoms with van der Waals surface area (Å²) in [6.45, 7) is 0.382. The summed E-state index contributed by atoms with van der Waals surface area (Å²) >= 11 is 9.52. The lowest BCUT2D eigenvalue weighted by atomic mass is 10.2. The summed E-state index contributed by atoms with van der Waals surface area (Å²) in [5.74, 6) is 0.538. The fourth-order valence-corrected chi connectivity index (χ4v) is 3.17. The Kier molecular flexibility index (Phi) is 5.79. The van der Waals surface area contributed by atoms with Gasteiger partial charge in [-0.2, -0.15) is 0 Å². The second-order valence-electron chi connectivity index (χ2n) is 6.29. The molecule has 1 heterocycles. The van der Waals surface area contributed by atoms with Crippen LogP contribution in [0.1, 0.15) is 16.7 Å². The third-order valence-electron chi connectivity index (χ3n) is 4.25. The number of halogens is 2. The van der Waals surface area contributed by atoms with Crippen molar-refractivity contribution in [1.29, 1.82) is 0 Å². The van der Waals surface area contributed by atoms with Crippen LogP contribution in [0.4, 0.5) is 0 Å². The summed E-state index contributed by atoms with van der Waals surface area (Å²) < 4.78 is 12.0. The second kappa shape index (κ2) is 8.64. The molecular formula is C23H15BrClNO3. The maximum absolute atomic E-state index is 12.1. The Labute approximate surface area is 181 Å². The Morgan fingerprint density at radius 2 is 1.72 bits per heavy atom. The predicted molar refractivity (Wildman–Crippen MR) is 117 cm³/mol. The van der Waals surface area contributed by atoms with Crippen molar-refractivity contribution >= 4 is 45.5 Å². The zero-order chi connectivity index (χ0) is 20.2. The monoisotopic (exact) mass is 467 g/mol. The predicted octanol–water partition coefficient (Wildman–Crippen LogP) is 6.03. The number of hydrogen-bond donors (Lipinski definition) is 0. The molecule has 0 aliphatic carbocycles. The molecule has 4 rings (SSSR count). The van der Waals surface area contributed by atoms with Gasteiger partial charge in [0, 0.05) is 20.6 Å². The van der Waals surface area contributed by atoms with E-state index in [9.17, 15) is 4.79 Å². The standard InChI is InChI=1S/C23H15BrClNO3/c24-18-9-7-16(8-10-18)22-26-21(23(27)29-22)13-15-5-11-19(12-6-15)28-14-17-3-1-2-4-20(17)25/h1-13H,14H2/b21-13-. The van der Waals surface area contributed by atoms with Gasteiger partial charge in [-0.15, -0.1) is 0 Å². The van der Waals surface area contributed by atoms with Crippen LogP contribution in [0.3, 0.4) is 0 Å². The highest BCUT2D eigenvalue weighted by Crippen LogP contribution is 2.23. The van der Waals surface area contributed by atoms with Crippen molar-refractivity contribution in [3.8, 4) is 5.75 Å². The molecule has 6 heteroatoms. The van der Waals surface area contributed by atoms with Crippen LogP contribution in [0.15, 0.2) is 88.0 Å². The molecule has 0 fully saturated rings. The molecule has 1 aliphatic rings. The van der Waals surface area contributed by atoms with E-state index in [0.717, 1.165) is 21.2 Å². The number of aliphatic imine (C=N–C) groups is 1. The minimum absolute atomic E-state index is 0.257. The number of nitrogens with zero attached hydrogens (tertiary/aromatic N) is 1. The van der Waals surface area contributed by atoms with Gasteiger partial charge in [0.25, 0.3) is 0 Å². The summed E-state index contributed by atoms with van der Waals surface area (Å²) in [5.41, 5.74) is 2.74. The lowest BCUT2D eigenvalue weighted by molar-refractivity contribution is -0.129. The lowest BCUT2D eigenvalue weighted by Crippen LogP contribution is -2.05. The Morgan fingerprint density at radius 3 is 2.45 bits per heavy atom. The molecule has 0 radical (unpaired) electrons. The van der Waals surface area contributed by atoms with Crippen LogP contribution in [0.2, 0.25) is 5.02 Å². The Balaban J connectivity index is 1.46. The number of carbonyl (C=O) groups excluding carboxylic acids is 1. The number of ether oxygens (including phenoxy) is 2. The Morgan fingerprint density at radius 1 is 1.00 bits per heavy atom. The number of benzene rings is 3. The number of carbonyl (C=O) groups is 1. The number of cyclic esters (lactones) is 1. The van der Waals surface area contributed by atoms with Gasteiger partial charge in [0.2, 0.25) is 5.90 Å². The second-order valence-corrected chi connectivity index (χ2v) is 7.61. The van der Waals surface area contributed by atoms with Crippen LogP contribution in [0.5, 0.6) is 5.75 Å². The van der Waals surface area contributed by atoms with Crippen molar-refractivity contribution in [2.24, 2.45) is 4.99 Å². The highest BCUT2D eigenvalue weighted by molar-refractivity contribution is 9.10. The summed E-state index contributed by atoms with van der Waals surface area (Å²) in [7, 11) is 0. The van der Waals surface area contributed by atoms with Gasteiger partial charge < -0.3 is 9.47 Å². The molecule has 0 saturated carbocycles. The van der Waals surface area contributed by atoms with Crippen molar-refractivity contribution in [1.82, 2.24) is 0 Å². The van der Waals surface area contributed by atoms with E-state index in [1.165, 1.54) is 0 Å². The fraction of sp³-hybridized carbons (Fsp3) is 0.0435. The molecule has 3 aromatic carbocycles. The van der Waals surface area contributed by atoms with Crippen molar-refractivity contribution in [3.63, 3.8) is 0 Å². The summed E-state index contributed by atoms with van der Waals surface area (Å²) in [5, 5.41) is 0.674. The van der Waals surface area contributed by atoms with E-state index in [-0.39, 0.29) is 5.70 Å². The van der Waals surface area contributed by atoms with Crippen LogP contribution in [-0.2, 0) is 16.1 Å². The number of esters is 1. The maximum atomic E-state index is 12.1. The minimum atomic E-state index is -0.470. The molecular weight excluding hydrogens is 454 g/mol. The van der Waals surface area contributed by atoms with Gasteiger partial charge in [-0.25, -0.2) is 9.79 Å².